The number of hydrogen-bond acceptors (Lipinski definition) is 6. The van der Waals surface area contributed by atoms with Gasteiger partial charge in [-0.05, 0) is 19.8 Å². The molecule has 0 aromatic rings. The number of esters is 2. The number of carbonyl (C=O) groups is 2. The Labute approximate surface area is 256 Å². The van der Waals surface area contributed by atoms with Crippen LogP contribution in [0.5, 0.6) is 0 Å². The molecule has 9 heteroatoms. The maximum absolute atomic E-state index is 12.5. The summed E-state index contributed by atoms with van der Waals surface area (Å²) in [4.78, 5) is 24.7. The summed E-state index contributed by atoms with van der Waals surface area (Å²) in [6, 6.07) is 0. The van der Waals surface area contributed by atoms with Gasteiger partial charge < -0.3 is 9.47 Å². The second-order valence-corrected chi connectivity index (χ2v) is 12.5. The Balaban J connectivity index is 0. The van der Waals surface area contributed by atoms with Crippen molar-refractivity contribution in [2.75, 3.05) is 13.2 Å². The van der Waals surface area contributed by atoms with Crippen LogP contribution in [0.25, 0.3) is 0 Å². The molecule has 0 heterocycles. The Morgan fingerprint density at radius 1 is 0.605 bits per heavy atom. The van der Waals surface area contributed by atoms with E-state index < -0.39 is 33.2 Å². The molecule has 0 fully saturated rings. The molecule has 221 valence electrons. The number of rotatable bonds is 26. The maximum atomic E-state index is 12.5. The quantitative estimate of drug-likeness (QED) is 0.0494. The SMILES string of the molecule is CCCCCCCCCCCCOC(=O)CC(C)(C(=O)OCCCCCCCCCCCC)S(=O)(=O)O.[Na]. The standard InChI is InChI=1S/C29H56O7S.Na/c1-4-6-8-10-12-14-16-18-20-22-24-35-27(30)26-29(3,37(32,33)34)28(31)36-25-23-21-19-17-15-13-11-9-7-5-2;/h4-26H2,1-3H3,(H,32,33,34);. The van der Waals surface area contributed by atoms with Crippen LogP contribution in [-0.4, -0.2) is 72.4 Å². The van der Waals surface area contributed by atoms with Gasteiger partial charge in [-0.25, -0.2) is 0 Å². The first kappa shape index (κ1) is 40.0. The Bertz CT molecular complexity index is 684. The maximum Gasteiger partial charge on any atom is 0.330 e. The molecule has 7 nitrogen and oxygen atoms in total. The molecular weight excluding hydrogens is 515 g/mol. The van der Waals surface area contributed by atoms with Gasteiger partial charge in [0.15, 0.2) is 0 Å². The Morgan fingerprint density at radius 2 is 0.921 bits per heavy atom. The van der Waals surface area contributed by atoms with Gasteiger partial charge in [0, 0.05) is 29.6 Å². The Hall–Kier alpha value is -0.150. The molecule has 0 saturated carbocycles. The smallest absolute Gasteiger partial charge is 0.330 e. The van der Waals surface area contributed by atoms with Crippen molar-refractivity contribution < 1.29 is 32.0 Å². The van der Waals surface area contributed by atoms with Crippen LogP contribution in [0.15, 0.2) is 0 Å². The molecule has 0 saturated heterocycles. The summed E-state index contributed by atoms with van der Waals surface area (Å²) in [5.74, 6) is -1.94. The molecule has 0 spiro atoms. The van der Waals surface area contributed by atoms with Crippen LogP contribution in [0.2, 0.25) is 0 Å². The van der Waals surface area contributed by atoms with E-state index >= 15 is 0 Å². The van der Waals surface area contributed by atoms with Crippen molar-refractivity contribution in [1.29, 1.82) is 0 Å². The second-order valence-electron chi connectivity index (χ2n) is 10.6. The van der Waals surface area contributed by atoms with Crippen LogP contribution in [-0.2, 0) is 29.2 Å². The summed E-state index contributed by atoms with van der Waals surface area (Å²) < 4.78 is 41.4. The van der Waals surface area contributed by atoms with Crippen molar-refractivity contribution in [1.82, 2.24) is 0 Å². The zero-order valence-corrected chi connectivity index (χ0v) is 27.9. The number of unbranched alkanes of at least 4 members (excludes halogenated alkanes) is 18. The number of carbonyl (C=O) groups excluding carboxylic acids is 2. The molecule has 0 bridgehead atoms. The predicted octanol–water partition coefficient (Wildman–Crippen LogP) is 7.57. The van der Waals surface area contributed by atoms with Crippen LogP contribution in [0, 0.1) is 0 Å². The van der Waals surface area contributed by atoms with Gasteiger partial charge in [0.1, 0.15) is 0 Å². The molecule has 0 aliphatic rings. The fourth-order valence-corrected chi connectivity index (χ4v) is 4.85. The van der Waals surface area contributed by atoms with Crippen molar-refractivity contribution >= 4 is 51.6 Å². The summed E-state index contributed by atoms with van der Waals surface area (Å²) in [6.45, 7) is 5.67. The van der Waals surface area contributed by atoms with Crippen molar-refractivity contribution in [2.24, 2.45) is 0 Å². The summed E-state index contributed by atoms with van der Waals surface area (Å²) in [5, 5.41) is 0. The van der Waals surface area contributed by atoms with Crippen LogP contribution in [0.4, 0.5) is 0 Å². The van der Waals surface area contributed by atoms with Gasteiger partial charge in [0.25, 0.3) is 10.1 Å². The topological polar surface area (TPSA) is 107 Å². The fraction of sp³-hybridized carbons (Fsp3) is 0.931. The van der Waals surface area contributed by atoms with E-state index in [0.717, 1.165) is 45.4 Å². The minimum Gasteiger partial charge on any atom is -0.466 e. The molecule has 1 N–H and O–H groups in total. The molecule has 0 aliphatic carbocycles. The van der Waals surface area contributed by atoms with E-state index in [1.807, 2.05) is 0 Å². The molecule has 38 heavy (non-hydrogen) atoms. The van der Waals surface area contributed by atoms with Gasteiger partial charge in [0.05, 0.1) is 19.6 Å². The number of hydrogen-bond donors (Lipinski definition) is 1. The van der Waals surface area contributed by atoms with Crippen LogP contribution in [0.1, 0.15) is 156 Å². The Morgan fingerprint density at radius 3 is 1.26 bits per heavy atom. The Kier molecular flexibility index (Phi) is 27.1. The summed E-state index contributed by atoms with van der Waals surface area (Å²) >= 11 is 0. The first-order valence-electron chi connectivity index (χ1n) is 15.0. The average molecular weight is 572 g/mol. The van der Waals surface area contributed by atoms with Crippen molar-refractivity contribution in [3.63, 3.8) is 0 Å². The van der Waals surface area contributed by atoms with Gasteiger partial charge in [-0.3, -0.25) is 14.1 Å². The average Bonchev–Trinajstić information content (AvgIpc) is 2.84. The van der Waals surface area contributed by atoms with Gasteiger partial charge >= 0.3 is 11.9 Å². The van der Waals surface area contributed by atoms with E-state index in [-0.39, 0.29) is 42.8 Å². The van der Waals surface area contributed by atoms with E-state index in [0.29, 0.717) is 12.8 Å². The normalized spacial score (nSPS) is 12.9. The zero-order chi connectivity index (χ0) is 27.8. The summed E-state index contributed by atoms with van der Waals surface area (Å²) in [6.07, 6.45) is 21.9. The van der Waals surface area contributed by atoms with Crippen LogP contribution >= 0.6 is 0 Å². The third-order valence-corrected chi connectivity index (χ3v) is 8.42. The summed E-state index contributed by atoms with van der Waals surface area (Å²) in [5.41, 5.74) is 0. The third kappa shape index (κ3) is 20.7. The number of ether oxygens (including phenoxy) is 2. The molecular formula is C29H56NaO7S. The third-order valence-electron chi connectivity index (χ3n) is 6.97. The molecule has 0 amide bonds. The molecule has 1 radical (unpaired) electrons. The van der Waals surface area contributed by atoms with E-state index in [1.54, 1.807) is 0 Å². The van der Waals surface area contributed by atoms with Crippen molar-refractivity contribution in [3.8, 4) is 0 Å². The monoisotopic (exact) mass is 571 g/mol. The van der Waals surface area contributed by atoms with Gasteiger partial charge in [-0.1, -0.05) is 129 Å². The molecule has 1 unspecified atom stereocenters. The summed E-state index contributed by atoms with van der Waals surface area (Å²) in [7, 11) is -4.85. The molecule has 0 aromatic heterocycles. The molecule has 1 atom stereocenters. The minimum atomic E-state index is -4.85. The van der Waals surface area contributed by atoms with E-state index in [9.17, 15) is 22.6 Å². The predicted molar refractivity (Wildman–Crippen MR) is 156 cm³/mol. The minimum absolute atomic E-state index is 0. The van der Waals surface area contributed by atoms with E-state index in [4.69, 9.17) is 9.47 Å². The van der Waals surface area contributed by atoms with Gasteiger partial charge in [0.2, 0.25) is 4.75 Å². The molecule has 0 aliphatic heterocycles. The van der Waals surface area contributed by atoms with Crippen molar-refractivity contribution in [2.45, 2.75) is 160 Å². The van der Waals surface area contributed by atoms with Gasteiger partial charge in [-0.2, -0.15) is 8.42 Å². The van der Waals surface area contributed by atoms with Crippen LogP contribution < -0.4 is 0 Å². The first-order chi connectivity index (χ1) is 17.7. The first-order valence-corrected chi connectivity index (χ1v) is 16.4. The molecule has 0 aromatic carbocycles. The van der Waals surface area contributed by atoms with Crippen molar-refractivity contribution in [3.05, 3.63) is 0 Å². The van der Waals surface area contributed by atoms with E-state index in [1.165, 1.54) is 77.0 Å². The van der Waals surface area contributed by atoms with Crippen LogP contribution in [0.3, 0.4) is 0 Å². The zero-order valence-electron chi connectivity index (χ0n) is 25.1. The van der Waals surface area contributed by atoms with E-state index in [2.05, 4.69) is 13.8 Å². The molecule has 0 rings (SSSR count). The fourth-order valence-electron chi connectivity index (χ4n) is 4.28. The van der Waals surface area contributed by atoms with Gasteiger partial charge in [-0.15, -0.1) is 0 Å². The largest absolute Gasteiger partial charge is 0.466 e. The second kappa shape index (κ2) is 25.8.